The molecule has 0 rings (SSSR count). The Morgan fingerprint density at radius 2 is 2.50 bits per heavy atom. The fourth-order valence-electron chi connectivity index (χ4n) is 0.204. The summed E-state index contributed by atoms with van der Waals surface area (Å²) < 4.78 is 0. The van der Waals surface area contributed by atoms with Crippen molar-refractivity contribution in [3.63, 3.8) is 0 Å². The van der Waals surface area contributed by atoms with Crippen molar-refractivity contribution in [2.45, 2.75) is 6.42 Å². The van der Waals surface area contributed by atoms with Gasteiger partial charge in [0.05, 0.1) is 12.5 Å². The Morgan fingerprint density at radius 1 is 1.88 bits per heavy atom. The third kappa shape index (κ3) is 5.19. The summed E-state index contributed by atoms with van der Waals surface area (Å²) in [6.45, 7) is 0. The van der Waals surface area contributed by atoms with Crippen LogP contribution in [-0.4, -0.2) is 5.24 Å². The van der Waals surface area contributed by atoms with E-state index in [9.17, 15) is 4.79 Å². The second-order valence-electron chi connectivity index (χ2n) is 1.07. The largest absolute Gasteiger partial charge is 0.276 e. The minimum Gasteiger partial charge on any atom is -0.276 e. The van der Waals surface area contributed by atoms with Crippen molar-refractivity contribution in [2.24, 2.45) is 0 Å². The van der Waals surface area contributed by atoms with Crippen LogP contribution in [0.4, 0.5) is 0 Å². The zero-order chi connectivity index (χ0) is 6.41. The van der Waals surface area contributed by atoms with Gasteiger partial charge in [0.2, 0.25) is 5.24 Å². The fourth-order valence-corrected chi connectivity index (χ4v) is 0.293. The van der Waals surface area contributed by atoms with E-state index in [2.05, 4.69) is 0 Å². The Bertz CT molecular complexity index is 145. The van der Waals surface area contributed by atoms with E-state index in [1.807, 2.05) is 6.07 Å². The maximum Gasteiger partial charge on any atom is 0.244 e. The van der Waals surface area contributed by atoms with Gasteiger partial charge in [-0.2, -0.15) is 5.26 Å². The minimum atomic E-state index is -0.541. The number of hydrogen-bond donors (Lipinski definition) is 0. The lowest BCUT2D eigenvalue weighted by Crippen LogP contribution is -1.72. The molecule has 0 N–H and O–H groups in total. The van der Waals surface area contributed by atoms with Gasteiger partial charge in [0.15, 0.2) is 0 Å². The monoisotopic (exact) mass is 129 g/mol. The average Bonchev–Trinajstić information content (AvgIpc) is 1.66. The van der Waals surface area contributed by atoms with E-state index in [-0.39, 0.29) is 6.42 Å². The first-order valence-corrected chi connectivity index (χ1v) is 2.38. The predicted octanol–water partition coefficient (Wildman–Crippen LogP) is 1.22. The van der Waals surface area contributed by atoms with Crippen molar-refractivity contribution < 1.29 is 4.79 Å². The summed E-state index contributed by atoms with van der Waals surface area (Å²) in [5, 5.41) is 7.38. The molecule has 0 amide bonds. The summed E-state index contributed by atoms with van der Waals surface area (Å²) in [5.41, 5.74) is 0. The number of carbonyl (C=O) groups excluding carboxylic acids is 1. The highest BCUT2D eigenvalue weighted by atomic mass is 35.5. The molecule has 0 unspecified atom stereocenters. The summed E-state index contributed by atoms with van der Waals surface area (Å²) in [5.74, 6) is 0. The van der Waals surface area contributed by atoms with E-state index in [4.69, 9.17) is 16.9 Å². The van der Waals surface area contributed by atoms with Crippen LogP contribution in [0.3, 0.4) is 0 Å². The summed E-state index contributed by atoms with van der Waals surface area (Å²) in [4.78, 5) is 9.89. The van der Waals surface area contributed by atoms with E-state index < -0.39 is 5.24 Å². The molecular formula is C5H4ClNO. The van der Waals surface area contributed by atoms with Crippen LogP contribution in [-0.2, 0) is 4.79 Å². The molecule has 42 valence electrons. The Hall–Kier alpha value is -0.810. The number of nitriles is 1. The first kappa shape index (κ1) is 7.19. The van der Waals surface area contributed by atoms with Gasteiger partial charge in [-0.3, -0.25) is 4.79 Å². The first-order chi connectivity index (χ1) is 3.77. The summed E-state index contributed by atoms with van der Waals surface area (Å²) in [6, 6.07) is 1.83. The van der Waals surface area contributed by atoms with Crippen molar-refractivity contribution in [3.8, 4) is 6.07 Å². The molecule has 0 fully saturated rings. The smallest absolute Gasteiger partial charge is 0.244 e. The maximum atomic E-state index is 9.89. The highest BCUT2D eigenvalue weighted by Crippen LogP contribution is 1.84. The molecule has 0 aromatic heterocycles. The van der Waals surface area contributed by atoms with Gasteiger partial charge >= 0.3 is 0 Å². The predicted molar refractivity (Wildman–Crippen MR) is 30.2 cm³/mol. The van der Waals surface area contributed by atoms with Gasteiger partial charge < -0.3 is 0 Å². The molecule has 0 aliphatic heterocycles. The maximum absolute atomic E-state index is 9.89. The number of hydrogen-bond acceptors (Lipinski definition) is 2. The summed E-state index contributed by atoms with van der Waals surface area (Å²) >= 11 is 4.88. The van der Waals surface area contributed by atoms with Gasteiger partial charge in [-0.1, -0.05) is 6.08 Å². The van der Waals surface area contributed by atoms with E-state index in [1.54, 1.807) is 0 Å². The lowest BCUT2D eigenvalue weighted by molar-refractivity contribution is -0.107. The molecule has 0 bridgehead atoms. The van der Waals surface area contributed by atoms with Crippen LogP contribution in [0.5, 0.6) is 0 Å². The molecule has 0 aliphatic carbocycles. The number of rotatable bonds is 2. The number of carbonyl (C=O) groups is 1. The van der Waals surface area contributed by atoms with Gasteiger partial charge in [-0.25, -0.2) is 0 Å². The molecule has 0 saturated heterocycles. The van der Waals surface area contributed by atoms with Gasteiger partial charge in [-0.15, -0.1) is 0 Å². The Labute approximate surface area is 52.4 Å². The zero-order valence-electron chi connectivity index (χ0n) is 4.10. The highest BCUT2D eigenvalue weighted by molar-refractivity contribution is 6.66. The third-order valence-electron chi connectivity index (χ3n) is 0.458. The lowest BCUT2D eigenvalue weighted by atomic mass is 10.4. The Morgan fingerprint density at radius 3 is 2.88 bits per heavy atom. The quantitative estimate of drug-likeness (QED) is 0.416. The lowest BCUT2D eigenvalue weighted by Gasteiger charge is -1.70. The van der Waals surface area contributed by atoms with Crippen LogP contribution in [0.1, 0.15) is 6.42 Å². The number of allylic oxidation sites excluding steroid dienone is 2. The summed E-state index contributed by atoms with van der Waals surface area (Å²) in [6.07, 6.45) is 2.80. The zero-order valence-corrected chi connectivity index (χ0v) is 4.85. The van der Waals surface area contributed by atoms with Crippen molar-refractivity contribution in [1.29, 1.82) is 5.26 Å². The molecule has 0 heterocycles. The minimum absolute atomic E-state index is 0.235. The molecule has 0 spiro atoms. The second-order valence-corrected chi connectivity index (χ2v) is 1.44. The van der Waals surface area contributed by atoms with E-state index in [0.29, 0.717) is 0 Å². The van der Waals surface area contributed by atoms with Crippen LogP contribution in [0.15, 0.2) is 12.2 Å². The second kappa shape index (κ2) is 4.35. The molecule has 3 heteroatoms. The Kier molecular flexibility index (Phi) is 3.91. The van der Waals surface area contributed by atoms with Crippen molar-refractivity contribution in [1.82, 2.24) is 0 Å². The van der Waals surface area contributed by atoms with Gasteiger partial charge in [0.1, 0.15) is 0 Å². The molecule has 0 aliphatic rings. The number of nitrogens with zero attached hydrogens (tertiary/aromatic N) is 1. The topological polar surface area (TPSA) is 40.9 Å². The first-order valence-electron chi connectivity index (χ1n) is 2.00. The molecule has 0 aromatic carbocycles. The van der Waals surface area contributed by atoms with Crippen LogP contribution in [0.25, 0.3) is 0 Å². The molecule has 8 heavy (non-hydrogen) atoms. The van der Waals surface area contributed by atoms with E-state index in [1.165, 1.54) is 6.08 Å². The molecule has 0 atom stereocenters. The molecule has 0 saturated carbocycles. The van der Waals surface area contributed by atoms with Crippen molar-refractivity contribution in [3.05, 3.63) is 12.2 Å². The van der Waals surface area contributed by atoms with Crippen LogP contribution in [0.2, 0.25) is 0 Å². The Balaban J connectivity index is 3.38. The molecular weight excluding hydrogens is 126 g/mol. The van der Waals surface area contributed by atoms with E-state index >= 15 is 0 Å². The van der Waals surface area contributed by atoms with Crippen LogP contribution >= 0.6 is 11.6 Å². The number of halogens is 1. The van der Waals surface area contributed by atoms with Crippen LogP contribution < -0.4 is 0 Å². The van der Waals surface area contributed by atoms with Crippen molar-refractivity contribution in [2.75, 3.05) is 0 Å². The fraction of sp³-hybridized carbons (Fsp3) is 0.200. The van der Waals surface area contributed by atoms with Gasteiger partial charge in [-0.05, 0) is 17.7 Å². The van der Waals surface area contributed by atoms with Crippen molar-refractivity contribution >= 4 is 16.8 Å². The standard InChI is InChI=1S/C5H4ClNO/c6-5(8)3-1-2-4-7/h1,3H,2H2/b3-1+. The normalized spacial score (nSPS) is 9.00. The molecule has 2 nitrogen and oxygen atoms in total. The van der Waals surface area contributed by atoms with Gasteiger partial charge in [0, 0.05) is 0 Å². The molecule has 0 radical (unpaired) electrons. The van der Waals surface area contributed by atoms with Crippen LogP contribution in [0, 0.1) is 11.3 Å². The van der Waals surface area contributed by atoms with E-state index in [0.717, 1.165) is 6.08 Å². The average molecular weight is 130 g/mol. The third-order valence-corrected chi connectivity index (χ3v) is 0.584. The molecule has 0 aromatic rings. The highest BCUT2D eigenvalue weighted by Gasteiger charge is 1.81. The van der Waals surface area contributed by atoms with Gasteiger partial charge in [0.25, 0.3) is 0 Å². The SMILES string of the molecule is N#CC/C=C/C(=O)Cl. The summed E-state index contributed by atoms with van der Waals surface area (Å²) in [7, 11) is 0.